The monoisotopic (exact) mass is 409 g/mol. The molecule has 8 nitrogen and oxygen atoms in total. The predicted molar refractivity (Wildman–Crippen MR) is 110 cm³/mol. The molecule has 2 aromatic rings. The molecule has 1 heterocycles. The van der Waals surface area contributed by atoms with Crippen molar-refractivity contribution in [1.29, 1.82) is 0 Å². The summed E-state index contributed by atoms with van der Waals surface area (Å²) in [5.74, 6) is -0.920. The van der Waals surface area contributed by atoms with Crippen molar-refractivity contribution in [3.63, 3.8) is 0 Å². The predicted octanol–water partition coefficient (Wildman–Crippen LogP) is 2.13. The van der Waals surface area contributed by atoms with Crippen LogP contribution in [0.25, 0.3) is 0 Å². The molecule has 2 aromatic carbocycles. The van der Waals surface area contributed by atoms with Gasteiger partial charge in [0.15, 0.2) is 0 Å². The Morgan fingerprint density at radius 3 is 2.37 bits per heavy atom. The summed E-state index contributed by atoms with van der Waals surface area (Å²) in [4.78, 5) is 49.9. The Labute approximate surface area is 174 Å². The zero-order chi connectivity index (χ0) is 21.7. The molecular weight excluding hydrogens is 386 g/mol. The molecule has 0 bridgehead atoms. The summed E-state index contributed by atoms with van der Waals surface area (Å²) >= 11 is 0. The Morgan fingerprint density at radius 1 is 0.967 bits per heavy atom. The lowest BCUT2D eigenvalue weighted by Gasteiger charge is -2.13. The topological polar surface area (TPSA) is 105 Å². The minimum atomic E-state index is -0.426. The summed E-state index contributed by atoms with van der Waals surface area (Å²) in [5.41, 5.74) is 2.17. The Bertz CT molecular complexity index is 985. The van der Waals surface area contributed by atoms with Crippen LogP contribution in [0.3, 0.4) is 0 Å². The summed E-state index contributed by atoms with van der Waals surface area (Å²) in [6, 6.07) is 11.9. The van der Waals surface area contributed by atoms with E-state index in [1.807, 2.05) is 13.8 Å². The van der Waals surface area contributed by atoms with E-state index < -0.39 is 17.7 Å². The van der Waals surface area contributed by atoms with Crippen LogP contribution in [-0.4, -0.2) is 48.2 Å². The van der Waals surface area contributed by atoms with Gasteiger partial charge in [-0.25, -0.2) is 0 Å². The van der Waals surface area contributed by atoms with Crippen molar-refractivity contribution in [3.8, 4) is 5.75 Å². The highest BCUT2D eigenvalue weighted by Gasteiger charge is 2.35. The molecule has 0 radical (unpaired) electrons. The van der Waals surface area contributed by atoms with E-state index in [9.17, 15) is 19.2 Å². The number of aryl methyl sites for hydroxylation is 1. The number of amides is 4. The zero-order valence-corrected chi connectivity index (χ0v) is 16.9. The number of hydrogen-bond donors (Lipinski definition) is 2. The van der Waals surface area contributed by atoms with Crippen LogP contribution in [0.15, 0.2) is 42.5 Å². The third-order valence-corrected chi connectivity index (χ3v) is 4.58. The lowest BCUT2D eigenvalue weighted by molar-refractivity contribution is -0.124. The fourth-order valence-electron chi connectivity index (χ4n) is 3.09. The van der Waals surface area contributed by atoms with Gasteiger partial charge in [-0.05, 0) is 50.2 Å². The maximum atomic E-state index is 12.4. The van der Waals surface area contributed by atoms with Crippen molar-refractivity contribution in [3.05, 3.63) is 59.2 Å². The number of nitrogens with one attached hydrogen (secondary N) is 2. The molecule has 1 aliphatic heterocycles. The van der Waals surface area contributed by atoms with Gasteiger partial charge in [0.2, 0.25) is 11.8 Å². The molecular formula is C22H23N3O5. The number of ether oxygens (including phenoxy) is 1. The molecule has 3 rings (SSSR count). The Hall–Kier alpha value is -3.68. The average Bonchev–Trinajstić information content (AvgIpc) is 2.96. The summed E-state index contributed by atoms with van der Waals surface area (Å²) < 4.78 is 5.33. The molecule has 0 saturated heterocycles. The molecule has 0 saturated carbocycles. The molecule has 156 valence electrons. The Morgan fingerprint density at radius 2 is 1.67 bits per heavy atom. The number of benzene rings is 2. The molecule has 4 amide bonds. The molecule has 30 heavy (non-hydrogen) atoms. The SMILES string of the molecule is CCOc1ccc(NC(=O)CNC(=O)CCN2C(=O)c3ccc(C)cc3C2=O)cc1. The second-order valence-electron chi connectivity index (χ2n) is 6.84. The van der Waals surface area contributed by atoms with Crippen molar-refractivity contribution >= 4 is 29.3 Å². The fraction of sp³-hybridized carbons (Fsp3) is 0.273. The third-order valence-electron chi connectivity index (χ3n) is 4.58. The first-order chi connectivity index (χ1) is 14.4. The molecule has 8 heteroatoms. The highest BCUT2D eigenvalue weighted by Crippen LogP contribution is 2.23. The number of carbonyl (C=O) groups excluding carboxylic acids is 4. The van der Waals surface area contributed by atoms with E-state index in [2.05, 4.69) is 10.6 Å². The minimum Gasteiger partial charge on any atom is -0.494 e. The van der Waals surface area contributed by atoms with E-state index in [1.165, 1.54) is 0 Å². The van der Waals surface area contributed by atoms with Crippen LogP contribution in [0.4, 0.5) is 5.69 Å². The maximum absolute atomic E-state index is 12.4. The van der Waals surface area contributed by atoms with Crippen molar-refractivity contribution in [1.82, 2.24) is 10.2 Å². The van der Waals surface area contributed by atoms with Gasteiger partial charge in [0.1, 0.15) is 5.75 Å². The van der Waals surface area contributed by atoms with Crippen LogP contribution in [0.2, 0.25) is 0 Å². The van der Waals surface area contributed by atoms with Crippen LogP contribution in [0.5, 0.6) is 5.75 Å². The van der Waals surface area contributed by atoms with Crippen molar-refractivity contribution < 1.29 is 23.9 Å². The first-order valence-corrected chi connectivity index (χ1v) is 9.65. The maximum Gasteiger partial charge on any atom is 0.261 e. The van der Waals surface area contributed by atoms with E-state index in [0.29, 0.717) is 29.2 Å². The third kappa shape index (κ3) is 4.83. The fourth-order valence-corrected chi connectivity index (χ4v) is 3.09. The highest BCUT2D eigenvalue weighted by molar-refractivity contribution is 6.21. The molecule has 0 aliphatic carbocycles. The lowest BCUT2D eigenvalue weighted by Crippen LogP contribution is -2.37. The summed E-state index contributed by atoms with van der Waals surface area (Å²) in [6.07, 6.45) is -0.0826. The van der Waals surface area contributed by atoms with Gasteiger partial charge >= 0.3 is 0 Å². The molecule has 2 N–H and O–H groups in total. The lowest BCUT2D eigenvalue weighted by atomic mass is 10.1. The first-order valence-electron chi connectivity index (χ1n) is 9.65. The van der Waals surface area contributed by atoms with Crippen LogP contribution in [0, 0.1) is 6.92 Å². The van der Waals surface area contributed by atoms with Gasteiger partial charge in [-0.2, -0.15) is 0 Å². The number of hydrogen-bond acceptors (Lipinski definition) is 5. The highest BCUT2D eigenvalue weighted by atomic mass is 16.5. The van der Waals surface area contributed by atoms with Gasteiger partial charge in [0, 0.05) is 18.7 Å². The number of rotatable bonds is 8. The second kappa shape index (κ2) is 9.21. The van der Waals surface area contributed by atoms with Gasteiger partial charge < -0.3 is 15.4 Å². The molecule has 1 aliphatic rings. The number of carbonyl (C=O) groups is 4. The zero-order valence-electron chi connectivity index (χ0n) is 16.9. The van der Waals surface area contributed by atoms with Crippen LogP contribution < -0.4 is 15.4 Å². The number of anilines is 1. The van der Waals surface area contributed by atoms with Crippen LogP contribution in [-0.2, 0) is 9.59 Å². The van der Waals surface area contributed by atoms with E-state index in [4.69, 9.17) is 4.74 Å². The van der Waals surface area contributed by atoms with Crippen molar-refractivity contribution in [2.45, 2.75) is 20.3 Å². The molecule has 0 spiro atoms. The second-order valence-corrected chi connectivity index (χ2v) is 6.84. The van der Waals surface area contributed by atoms with Gasteiger partial charge in [-0.15, -0.1) is 0 Å². The molecule has 0 aromatic heterocycles. The van der Waals surface area contributed by atoms with Crippen molar-refractivity contribution in [2.75, 3.05) is 25.0 Å². The average molecular weight is 409 g/mol. The van der Waals surface area contributed by atoms with Gasteiger partial charge in [0.25, 0.3) is 11.8 Å². The van der Waals surface area contributed by atoms with Gasteiger partial charge in [-0.3, -0.25) is 24.1 Å². The summed E-state index contributed by atoms with van der Waals surface area (Å²) in [6.45, 7) is 4.02. The number of fused-ring (bicyclic) bond motifs is 1. The van der Waals surface area contributed by atoms with Crippen LogP contribution in [0.1, 0.15) is 39.6 Å². The standard InChI is InChI=1S/C22H23N3O5/c1-3-30-16-7-5-15(6-8-16)24-20(27)13-23-19(26)10-11-25-21(28)17-9-4-14(2)12-18(17)22(25)29/h4-9,12H,3,10-11,13H2,1-2H3,(H,23,26)(H,24,27). The van der Waals surface area contributed by atoms with Gasteiger partial charge in [-0.1, -0.05) is 11.6 Å². The normalized spacial score (nSPS) is 12.5. The molecule has 0 atom stereocenters. The number of nitrogens with zero attached hydrogens (tertiary/aromatic N) is 1. The Balaban J connectivity index is 1.44. The quantitative estimate of drug-likeness (QED) is 0.650. The van der Waals surface area contributed by atoms with E-state index in [-0.39, 0.29) is 25.4 Å². The van der Waals surface area contributed by atoms with E-state index in [0.717, 1.165) is 10.5 Å². The molecule has 0 fully saturated rings. The smallest absolute Gasteiger partial charge is 0.261 e. The summed E-state index contributed by atoms with van der Waals surface area (Å²) in [7, 11) is 0. The largest absolute Gasteiger partial charge is 0.494 e. The van der Waals surface area contributed by atoms with Gasteiger partial charge in [0.05, 0.1) is 24.3 Å². The summed E-state index contributed by atoms with van der Waals surface area (Å²) in [5, 5.41) is 5.16. The minimum absolute atomic E-state index is 0.0439. The van der Waals surface area contributed by atoms with Crippen LogP contribution >= 0.6 is 0 Å². The van der Waals surface area contributed by atoms with E-state index in [1.54, 1.807) is 42.5 Å². The van der Waals surface area contributed by atoms with E-state index >= 15 is 0 Å². The van der Waals surface area contributed by atoms with Crippen molar-refractivity contribution in [2.24, 2.45) is 0 Å². The first kappa shape index (κ1) is 21.0. The Kier molecular flexibility index (Phi) is 6.46. The number of imide groups is 1. The molecule has 0 unspecified atom stereocenters.